The van der Waals surface area contributed by atoms with Crippen LogP contribution in [0.4, 0.5) is 5.69 Å². The lowest BCUT2D eigenvalue weighted by molar-refractivity contribution is 0.0988. The number of hydrogen-bond acceptors (Lipinski definition) is 4. The highest BCUT2D eigenvalue weighted by Crippen LogP contribution is 2.18. The van der Waals surface area contributed by atoms with Gasteiger partial charge in [-0.3, -0.25) is 4.79 Å². The molecule has 2 rings (SSSR count). The average molecular weight is 375 g/mol. The number of carbonyl (C=O) groups excluding carboxylic acids is 1. The molecule has 0 aliphatic carbocycles. The minimum absolute atomic E-state index is 0.149. The number of nitrogens with one attached hydrogen (secondary N) is 1. The van der Waals surface area contributed by atoms with Gasteiger partial charge in [0, 0.05) is 30.9 Å². The minimum atomic E-state index is -3.58. The molecule has 0 aliphatic heterocycles. The van der Waals surface area contributed by atoms with Crippen LogP contribution in [0.1, 0.15) is 17.3 Å². The van der Waals surface area contributed by atoms with Crippen LogP contribution in [0.15, 0.2) is 59.5 Å². The molecule has 0 heterocycles. The summed E-state index contributed by atoms with van der Waals surface area (Å²) < 4.78 is 27.1. The third-order valence-corrected chi connectivity index (χ3v) is 5.37. The number of carbonyl (C=O) groups is 1. The van der Waals surface area contributed by atoms with Crippen LogP contribution in [0.2, 0.25) is 0 Å². The van der Waals surface area contributed by atoms with E-state index in [0.29, 0.717) is 25.2 Å². The maximum atomic E-state index is 12.7. The molecule has 0 unspecified atom stereocenters. The molecule has 0 aliphatic rings. The molecule has 0 atom stereocenters. The first-order chi connectivity index (χ1) is 12.3. The van der Waals surface area contributed by atoms with Gasteiger partial charge in [-0.2, -0.15) is 0 Å². The van der Waals surface area contributed by atoms with Crippen LogP contribution >= 0.6 is 0 Å². The molecule has 0 radical (unpaired) electrons. The maximum absolute atomic E-state index is 12.7. The topological polar surface area (TPSA) is 69.7 Å². The third-order valence-electron chi connectivity index (χ3n) is 3.89. The molecule has 0 bridgehead atoms. The van der Waals surface area contributed by atoms with Gasteiger partial charge in [-0.15, -0.1) is 0 Å². The molecular formula is C19H25N3O3S. The fraction of sp³-hybridized carbons (Fsp3) is 0.316. The SMILES string of the molecule is CCN(C(=O)c1ccc(S(=O)(=O)NCCN(C)C)cc1)c1ccccc1. The van der Waals surface area contributed by atoms with E-state index in [1.54, 1.807) is 17.0 Å². The Kier molecular flexibility index (Phi) is 6.90. The summed E-state index contributed by atoms with van der Waals surface area (Å²) in [4.78, 5) is 16.4. The highest BCUT2D eigenvalue weighted by molar-refractivity contribution is 7.89. The zero-order chi connectivity index (χ0) is 19.2. The number of rotatable bonds is 8. The average Bonchev–Trinajstić information content (AvgIpc) is 2.63. The second-order valence-corrected chi connectivity index (χ2v) is 7.88. The molecule has 1 amide bonds. The molecule has 7 heteroatoms. The molecule has 140 valence electrons. The van der Waals surface area contributed by atoms with Crippen LogP contribution < -0.4 is 9.62 Å². The minimum Gasteiger partial charge on any atom is -0.309 e. The maximum Gasteiger partial charge on any atom is 0.258 e. The number of sulfonamides is 1. The van der Waals surface area contributed by atoms with Crippen LogP contribution in [0, 0.1) is 0 Å². The Bertz CT molecular complexity index is 819. The lowest BCUT2D eigenvalue weighted by atomic mass is 10.2. The van der Waals surface area contributed by atoms with Gasteiger partial charge in [0.2, 0.25) is 10.0 Å². The summed E-state index contributed by atoms with van der Waals surface area (Å²) in [6, 6.07) is 15.4. The first kappa shape index (κ1) is 20.1. The van der Waals surface area contributed by atoms with E-state index >= 15 is 0 Å². The fourth-order valence-corrected chi connectivity index (χ4v) is 3.49. The van der Waals surface area contributed by atoms with Crippen molar-refractivity contribution in [3.63, 3.8) is 0 Å². The highest BCUT2D eigenvalue weighted by atomic mass is 32.2. The summed E-state index contributed by atoms with van der Waals surface area (Å²) in [5.41, 5.74) is 1.25. The number of nitrogens with zero attached hydrogens (tertiary/aromatic N) is 2. The predicted molar refractivity (Wildman–Crippen MR) is 104 cm³/mol. The van der Waals surface area contributed by atoms with Crippen molar-refractivity contribution < 1.29 is 13.2 Å². The summed E-state index contributed by atoms with van der Waals surface area (Å²) in [7, 11) is 0.174. The molecule has 6 nitrogen and oxygen atoms in total. The predicted octanol–water partition coefficient (Wildman–Crippen LogP) is 2.19. The Morgan fingerprint density at radius 3 is 2.15 bits per heavy atom. The highest BCUT2D eigenvalue weighted by Gasteiger charge is 2.18. The first-order valence-electron chi connectivity index (χ1n) is 8.46. The number of para-hydroxylation sites is 1. The largest absolute Gasteiger partial charge is 0.309 e. The van der Waals surface area contributed by atoms with Gasteiger partial charge in [0.25, 0.3) is 5.91 Å². The molecule has 2 aromatic rings. The Labute approximate surface area is 155 Å². The van der Waals surface area contributed by atoms with Crippen LogP contribution in [-0.2, 0) is 10.0 Å². The van der Waals surface area contributed by atoms with Gasteiger partial charge in [0.1, 0.15) is 0 Å². The van der Waals surface area contributed by atoms with E-state index in [2.05, 4.69) is 4.72 Å². The molecule has 26 heavy (non-hydrogen) atoms. The van der Waals surface area contributed by atoms with Crippen molar-refractivity contribution in [3.8, 4) is 0 Å². The summed E-state index contributed by atoms with van der Waals surface area (Å²) in [5.74, 6) is -0.164. The summed E-state index contributed by atoms with van der Waals surface area (Å²) >= 11 is 0. The quantitative estimate of drug-likeness (QED) is 0.768. The van der Waals surface area contributed by atoms with E-state index in [0.717, 1.165) is 5.69 Å². The number of likely N-dealkylation sites (N-methyl/N-ethyl adjacent to an activating group) is 1. The monoisotopic (exact) mass is 375 g/mol. The van der Waals surface area contributed by atoms with Crippen molar-refractivity contribution in [3.05, 3.63) is 60.2 Å². The van der Waals surface area contributed by atoms with Crippen molar-refractivity contribution in [2.24, 2.45) is 0 Å². The number of amides is 1. The molecule has 0 saturated heterocycles. The van der Waals surface area contributed by atoms with E-state index in [-0.39, 0.29) is 10.8 Å². The van der Waals surface area contributed by atoms with E-state index in [4.69, 9.17) is 0 Å². The molecule has 1 N–H and O–H groups in total. The standard InChI is InChI=1S/C19H25N3O3S/c1-4-22(17-8-6-5-7-9-17)19(23)16-10-12-18(13-11-16)26(24,25)20-14-15-21(2)3/h5-13,20H,4,14-15H2,1-3H3. The van der Waals surface area contributed by atoms with Crippen LogP contribution in [0.25, 0.3) is 0 Å². The van der Waals surface area contributed by atoms with Crippen molar-refractivity contribution in [2.45, 2.75) is 11.8 Å². The van der Waals surface area contributed by atoms with E-state index in [1.165, 1.54) is 12.1 Å². The van der Waals surface area contributed by atoms with Gasteiger partial charge in [0.15, 0.2) is 0 Å². The van der Waals surface area contributed by atoms with Gasteiger partial charge in [-0.25, -0.2) is 13.1 Å². The van der Waals surface area contributed by atoms with E-state index in [9.17, 15) is 13.2 Å². The van der Waals surface area contributed by atoms with Gasteiger partial charge in [-0.1, -0.05) is 18.2 Å². The Morgan fingerprint density at radius 1 is 1.00 bits per heavy atom. The molecule has 0 aromatic heterocycles. The van der Waals surface area contributed by atoms with E-state index < -0.39 is 10.0 Å². The van der Waals surface area contributed by atoms with Gasteiger partial charge < -0.3 is 9.80 Å². The van der Waals surface area contributed by atoms with E-state index in [1.807, 2.05) is 56.3 Å². The fourth-order valence-electron chi connectivity index (χ4n) is 2.47. The summed E-state index contributed by atoms with van der Waals surface area (Å²) in [6.45, 7) is 3.36. The normalized spacial score (nSPS) is 11.5. The summed E-state index contributed by atoms with van der Waals surface area (Å²) in [6.07, 6.45) is 0. The second-order valence-electron chi connectivity index (χ2n) is 6.11. The zero-order valence-corrected chi connectivity index (χ0v) is 16.2. The second kappa shape index (κ2) is 8.93. The van der Waals surface area contributed by atoms with Crippen LogP contribution in [0.5, 0.6) is 0 Å². The van der Waals surface area contributed by atoms with Gasteiger partial charge in [-0.05, 0) is 57.4 Å². The van der Waals surface area contributed by atoms with Crippen molar-refractivity contribution in [1.29, 1.82) is 0 Å². The van der Waals surface area contributed by atoms with Gasteiger partial charge in [0.05, 0.1) is 4.90 Å². The Balaban J connectivity index is 2.14. The number of anilines is 1. The third kappa shape index (κ3) is 5.14. The number of benzene rings is 2. The lowest BCUT2D eigenvalue weighted by Gasteiger charge is -2.21. The molecule has 0 spiro atoms. The van der Waals surface area contributed by atoms with Crippen molar-refractivity contribution in [2.75, 3.05) is 38.6 Å². The Hall–Kier alpha value is -2.22. The zero-order valence-electron chi connectivity index (χ0n) is 15.3. The van der Waals surface area contributed by atoms with Gasteiger partial charge >= 0.3 is 0 Å². The molecular weight excluding hydrogens is 350 g/mol. The van der Waals surface area contributed by atoms with Crippen LogP contribution in [-0.4, -0.2) is 53.0 Å². The van der Waals surface area contributed by atoms with Crippen molar-refractivity contribution in [1.82, 2.24) is 9.62 Å². The Morgan fingerprint density at radius 2 is 1.62 bits per heavy atom. The molecule has 2 aromatic carbocycles. The molecule has 0 fully saturated rings. The lowest BCUT2D eigenvalue weighted by Crippen LogP contribution is -2.32. The number of hydrogen-bond donors (Lipinski definition) is 1. The smallest absolute Gasteiger partial charge is 0.258 e. The van der Waals surface area contributed by atoms with Crippen molar-refractivity contribution >= 4 is 21.6 Å². The first-order valence-corrected chi connectivity index (χ1v) is 9.95. The summed E-state index contributed by atoms with van der Waals surface area (Å²) in [5, 5.41) is 0. The molecule has 0 saturated carbocycles. The van der Waals surface area contributed by atoms with Crippen LogP contribution in [0.3, 0.4) is 0 Å².